The highest BCUT2D eigenvalue weighted by atomic mass is 32.2. The molecule has 0 radical (unpaired) electrons. The van der Waals surface area contributed by atoms with Crippen molar-refractivity contribution < 1.29 is 39.0 Å². The van der Waals surface area contributed by atoms with E-state index in [0.29, 0.717) is 6.42 Å². The second kappa shape index (κ2) is 14.0. The van der Waals surface area contributed by atoms with Crippen molar-refractivity contribution in [2.45, 2.75) is 67.9 Å². The lowest BCUT2D eigenvalue weighted by molar-refractivity contribution is -0.142. The van der Waals surface area contributed by atoms with E-state index >= 15 is 0 Å². The van der Waals surface area contributed by atoms with Crippen LogP contribution in [0.4, 0.5) is 4.79 Å². The van der Waals surface area contributed by atoms with Crippen LogP contribution in [0.15, 0.2) is 0 Å². The first-order chi connectivity index (χ1) is 16.6. The van der Waals surface area contributed by atoms with Gasteiger partial charge in [0.1, 0.15) is 18.6 Å². The molecular formula is C20H31N5O8S2. The molecule has 0 aliphatic carbocycles. The molecule has 15 heteroatoms. The number of thioether (sulfide) groups is 1. The van der Waals surface area contributed by atoms with E-state index in [-0.39, 0.29) is 48.4 Å². The Kier molecular flexibility index (Phi) is 11.4. The van der Waals surface area contributed by atoms with Gasteiger partial charge in [-0.2, -0.15) is 24.4 Å². The maximum absolute atomic E-state index is 12.2. The third kappa shape index (κ3) is 9.47. The average Bonchev–Trinajstić information content (AvgIpc) is 3.35. The fourth-order valence-corrected chi connectivity index (χ4v) is 5.62. The van der Waals surface area contributed by atoms with E-state index in [1.807, 2.05) is 0 Å². The number of carboxylic acids is 2. The Morgan fingerprint density at radius 3 is 2.37 bits per heavy atom. The van der Waals surface area contributed by atoms with Gasteiger partial charge in [-0.3, -0.25) is 19.2 Å². The second-order valence-electron chi connectivity index (χ2n) is 8.28. The van der Waals surface area contributed by atoms with Crippen LogP contribution in [0.2, 0.25) is 0 Å². The van der Waals surface area contributed by atoms with Crippen LogP contribution in [0, 0.1) is 0 Å². The van der Waals surface area contributed by atoms with Gasteiger partial charge in [0.2, 0.25) is 17.7 Å². The maximum Gasteiger partial charge on any atom is 0.326 e. The Labute approximate surface area is 211 Å². The summed E-state index contributed by atoms with van der Waals surface area (Å²) in [4.78, 5) is 69.7. The van der Waals surface area contributed by atoms with Crippen molar-refractivity contribution in [1.29, 1.82) is 0 Å². The molecule has 196 valence electrons. The second-order valence-corrected chi connectivity index (χ2v) is 9.92. The van der Waals surface area contributed by atoms with Gasteiger partial charge in [-0.05, 0) is 19.3 Å². The molecule has 2 saturated heterocycles. The lowest BCUT2D eigenvalue weighted by atomic mass is 10.0. The van der Waals surface area contributed by atoms with Crippen LogP contribution in [0.3, 0.4) is 0 Å². The van der Waals surface area contributed by atoms with E-state index in [0.717, 1.165) is 18.6 Å². The number of carbonyl (C=O) groups excluding carboxylic acids is 4. The lowest BCUT2D eigenvalue weighted by Crippen LogP contribution is -2.49. The number of fused-ring (bicyclic) bond motifs is 1. The molecule has 7 N–H and O–H groups in total. The zero-order valence-electron chi connectivity index (χ0n) is 19.0. The summed E-state index contributed by atoms with van der Waals surface area (Å²) in [5, 5.41) is 30.9. The number of carboxylic acid groups (broad SMARTS) is 2. The first-order valence-electron chi connectivity index (χ1n) is 11.2. The molecule has 2 aliphatic heterocycles. The predicted octanol–water partition coefficient (Wildman–Crippen LogP) is -1.32. The van der Waals surface area contributed by atoms with Crippen LogP contribution in [0.1, 0.15) is 38.5 Å². The van der Waals surface area contributed by atoms with E-state index in [1.54, 1.807) is 11.8 Å². The van der Waals surface area contributed by atoms with Crippen LogP contribution < -0.4 is 26.6 Å². The summed E-state index contributed by atoms with van der Waals surface area (Å²) in [6.45, 7) is -0.611. The number of hydrogen-bond donors (Lipinski definition) is 8. The zero-order chi connectivity index (χ0) is 26.0. The quantitative estimate of drug-likeness (QED) is 0.0713. The predicted molar refractivity (Wildman–Crippen MR) is 129 cm³/mol. The largest absolute Gasteiger partial charge is 0.480 e. The standard InChI is InChI=1S/C20H31N5O8S2/c26-14(4-2-1-3-13-17-12(9-35-13)24-20(33)25-17)22-10(19(31)32)5-6-15(27)23-11(8-34)18(30)21-7-16(28)29/h10-13,17,34H,1-9H2,(H,21,30)(H,22,26)(H,23,27)(H,28,29)(H,31,32)(H2,24,25,33)/t10-,11-,12-,13-,17-/m0/s1. The Morgan fingerprint density at radius 2 is 1.71 bits per heavy atom. The average molecular weight is 534 g/mol. The summed E-state index contributed by atoms with van der Waals surface area (Å²) in [6.07, 6.45) is 1.82. The molecule has 5 atom stereocenters. The molecule has 13 nitrogen and oxygen atoms in total. The van der Waals surface area contributed by atoms with Crippen LogP contribution in [-0.2, 0) is 24.0 Å². The number of urea groups is 1. The molecule has 35 heavy (non-hydrogen) atoms. The first-order valence-corrected chi connectivity index (χ1v) is 12.9. The number of aliphatic carboxylic acids is 2. The summed E-state index contributed by atoms with van der Waals surface area (Å²) >= 11 is 5.74. The number of carbonyl (C=O) groups is 6. The summed E-state index contributed by atoms with van der Waals surface area (Å²) in [6, 6.07) is -2.27. The fraction of sp³-hybridized carbons (Fsp3) is 0.700. The molecule has 0 aromatic carbocycles. The van der Waals surface area contributed by atoms with Crippen LogP contribution in [0.5, 0.6) is 0 Å². The molecule has 0 unspecified atom stereocenters. The zero-order valence-corrected chi connectivity index (χ0v) is 20.7. The number of amides is 5. The molecule has 0 bridgehead atoms. The van der Waals surface area contributed by atoms with Gasteiger partial charge in [0.25, 0.3) is 0 Å². The summed E-state index contributed by atoms with van der Waals surface area (Å²) < 4.78 is 0. The summed E-state index contributed by atoms with van der Waals surface area (Å²) in [5.74, 6) is -3.55. The maximum atomic E-state index is 12.2. The number of rotatable bonds is 15. The number of thiol groups is 1. The van der Waals surface area contributed by atoms with Gasteiger partial charge in [0.05, 0.1) is 12.1 Å². The summed E-state index contributed by atoms with van der Waals surface area (Å²) in [7, 11) is 0. The van der Waals surface area contributed by atoms with E-state index in [1.165, 1.54) is 0 Å². The van der Waals surface area contributed by atoms with Gasteiger partial charge >= 0.3 is 18.0 Å². The van der Waals surface area contributed by atoms with Crippen molar-refractivity contribution in [3.63, 3.8) is 0 Å². The SMILES string of the molecule is O=C(O)CNC(=O)[C@H](CS)NC(=O)CC[C@H](NC(=O)CCCC[C@@H]1SC[C@@H]2NC(=O)N[C@@H]21)C(=O)O. The molecular weight excluding hydrogens is 502 g/mol. The monoisotopic (exact) mass is 533 g/mol. The molecule has 0 spiro atoms. The number of nitrogens with one attached hydrogen (secondary N) is 5. The molecule has 2 aliphatic rings. The topological polar surface area (TPSA) is 203 Å². The highest BCUT2D eigenvalue weighted by Gasteiger charge is 2.42. The molecule has 2 rings (SSSR count). The fourth-order valence-electron chi connectivity index (χ4n) is 3.82. The minimum Gasteiger partial charge on any atom is -0.480 e. The number of hydrogen-bond acceptors (Lipinski definition) is 8. The lowest BCUT2D eigenvalue weighted by Gasteiger charge is -2.18. The first kappa shape index (κ1) is 28.6. The third-order valence-corrected chi connectivity index (χ3v) is 7.50. The molecule has 5 amide bonds. The minimum absolute atomic E-state index is 0.0834. The van der Waals surface area contributed by atoms with Crippen LogP contribution in [-0.4, -0.2) is 93.4 Å². The van der Waals surface area contributed by atoms with E-state index in [9.17, 15) is 33.9 Å². The minimum atomic E-state index is -1.28. The Bertz CT molecular complexity index is 829. The van der Waals surface area contributed by atoms with Crippen molar-refractivity contribution in [2.24, 2.45) is 0 Å². The van der Waals surface area contributed by atoms with Crippen molar-refractivity contribution in [1.82, 2.24) is 26.6 Å². The van der Waals surface area contributed by atoms with Crippen molar-refractivity contribution >= 4 is 60.1 Å². The highest BCUT2D eigenvalue weighted by molar-refractivity contribution is 8.00. The highest BCUT2D eigenvalue weighted by Crippen LogP contribution is 2.33. The van der Waals surface area contributed by atoms with E-state index < -0.39 is 48.3 Å². The molecule has 0 aromatic rings. The molecule has 0 saturated carbocycles. The van der Waals surface area contributed by atoms with E-state index in [4.69, 9.17) is 5.11 Å². The van der Waals surface area contributed by atoms with Crippen LogP contribution in [0.25, 0.3) is 0 Å². The van der Waals surface area contributed by atoms with Gasteiger partial charge in [0.15, 0.2) is 0 Å². The van der Waals surface area contributed by atoms with Crippen LogP contribution >= 0.6 is 24.4 Å². The number of unbranched alkanes of at least 4 members (excludes halogenated alkanes) is 1. The van der Waals surface area contributed by atoms with Crippen molar-refractivity contribution in [3.8, 4) is 0 Å². The normalized spacial score (nSPS) is 22.2. The van der Waals surface area contributed by atoms with Gasteiger partial charge < -0.3 is 36.8 Å². The van der Waals surface area contributed by atoms with Crippen molar-refractivity contribution in [2.75, 3.05) is 18.1 Å². The van der Waals surface area contributed by atoms with E-state index in [2.05, 4.69) is 39.2 Å². The van der Waals surface area contributed by atoms with Gasteiger partial charge in [-0.1, -0.05) is 6.42 Å². The molecule has 0 aromatic heterocycles. The Hall–Kier alpha value is -2.68. The van der Waals surface area contributed by atoms with Gasteiger partial charge in [-0.25, -0.2) is 9.59 Å². The molecule has 2 heterocycles. The smallest absolute Gasteiger partial charge is 0.326 e. The van der Waals surface area contributed by atoms with Crippen molar-refractivity contribution in [3.05, 3.63) is 0 Å². The Balaban J connectivity index is 1.67. The third-order valence-electron chi connectivity index (χ3n) is 5.62. The molecule has 2 fully saturated rings. The Morgan fingerprint density at radius 1 is 1.03 bits per heavy atom. The van der Waals surface area contributed by atoms with Gasteiger partial charge in [-0.15, -0.1) is 0 Å². The summed E-state index contributed by atoms with van der Waals surface area (Å²) in [5.41, 5.74) is 0. The van der Waals surface area contributed by atoms with Gasteiger partial charge in [0, 0.05) is 29.6 Å².